The van der Waals surface area contributed by atoms with Crippen LogP contribution in [0.25, 0.3) is 6.08 Å². The monoisotopic (exact) mass is 265 g/mol. The summed E-state index contributed by atoms with van der Waals surface area (Å²) < 4.78 is 0. The van der Waals surface area contributed by atoms with Gasteiger partial charge in [0.25, 0.3) is 0 Å². The van der Waals surface area contributed by atoms with Gasteiger partial charge in [0.1, 0.15) is 0 Å². The Morgan fingerprint density at radius 3 is 2.50 bits per heavy atom. The smallest absolute Gasteiger partial charge is 0.248 e. The second kappa shape index (κ2) is 6.20. The van der Waals surface area contributed by atoms with E-state index in [4.69, 9.17) is 0 Å². The summed E-state index contributed by atoms with van der Waals surface area (Å²) in [6.45, 7) is 6.03. The fraction of sp³-hybridized carbons (Fsp3) is 0.167. The van der Waals surface area contributed by atoms with Crippen LogP contribution in [0.1, 0.15) is 22.3 Å². The van der Waals surface area contributed by atoms with Gasteiger partial charge in [-0.1, -0.05) is 36.4 Å². The normalized spacial score (nSPS) is 10.8. The maximum atomic E-state index is 12.0. The molecule has 2 aromatic carbocycles. The van der Waals surface area contributed by atoms with Crippen molar-refractivity contribution in [2.75, 3.05) is 5.32 Å². The average Bonchev–Trinajstić information content (AvgIpc) is 2.42. The molecule has 0 unspecified atom stereocenters. The van der Waals surface area contributed by atoms with E-state index in [1.54, 1.807) is 6.08 Å². The van der Waals surface area contributed by atoms with E-state index < -0.39 is 0 Å². The predicted molar refractivity (Wildman–Crippen MR) is 84.8 cm³/mol. The molecule has 0 aromatic heterocycles. The van der Waals surface area contributed by atoms with E-state index in [0.717, 1.165) is 27.9 Å². The predicted octanol–water partition coefficient (Wildman–Crippen LogP) is 4.26. The first-order valence-electron chi connectivity index (χ1n) is 6.68. The quantitative estimate of drug-likeness (QED) is 0.825. The first-order valence-corrected chi connectivity index (χ1v) is 6.68. The largest absolute Gasteiger partial charge is 0.322 e. The molecule has 0 fully saturated rings. The van der Waals surface area contributed by atoms with Gasteiger partial charge in [-0.05, 0) is 55.2 Å². The summed E-state index contributed by atoms with van der Waals surface area (Å²) in [5.74, 6) is -0.109. The van der Waals surface area contributed by atoms with Crippen LogP contribution >= 0.6 is 0 Å². The Balaban J connectivity index is 2.10. The minimum absolute atomic E-state index is 0.109. The van der Waals surface area contributed by atoms with Crippen molar-refractivity contribution in [3.63, 3.8) is 0 Å². The number of anilines is 1. The van der Waals surface area contributed by atoms with Crippen molar-refractivity contribution in [3.05, 3.63) is 70.8 Å². The molecule has 2 rings (SSSR count). The van der Waals surface area contributed by atoms with E-state index >= 15 is 0 Å². The van der Waals surface area contributed by atoms with E-state index in [1.807, 2.05) is 69.3 Å². The highest BCUT2D eigenvalue weighted by molar-refractivity contribution is 6.02. The second-order valence-electron chi connectivity index (χ2n) is 5.00. The van der Waals surface area contributed by atoms with Gasteiger partial charge in [0.2, 0.25) is 5.91 Å². The Kier molecular flexibility index (Phi) is 4.36. The number of nitrogens with one attached hydrogen (secondary N) is 1. The molecule has 1 N–H and O–H groups in total. The van der Waals surface area contributed by atoms with Gasteiger partial charge in [-0.15, -0.1) is 0 Å². The maximum absolute atomic E-state index is 12.0. The zero-order valence-corrected chi connectivity index (χ0v) is 12.1. The standard InChI is InChI=1S/C18H19NO/c1-13-8-9-15(3)17(12-13)19-18(20)11-10-16-7-5-4-6-14(16)2/h4-12H,1-3H3,(H,19,20)/b11-10+. The van der Waals surface area contributed by atoms with Crippen molar-refractivity contribution in [1.29, 1.82) is 0 Å². The molecular weight excluding hydrogens is 246 g/mol. The van der Waals surface area contributed by atoms with Crippen molar-refractivity contribution in [2.24, 2.45) is 0 Å². The first-order chi connectivity index (χ1) is 9.56. The molecule has 2 aromatic rings. The highest BCUT2D eigenvalue weighted by Gasteiger charge is 2.02. The third kappa shape index (κ3) is 3.58. The fourth-order valence-electron chi connectivity index (χ4n) is 1.98. The SMILES string of the molecule is Cc1ccc(C)c(NC(=O)/C=C/c2ccccc2C)c1. The van der Waals surface area contributed by atoms with Crippen LogP contribution in [0, 0.1) is 20.8 Å². The van der Waals surface area contributed by atoms with E-state index in [1.165, 1.54) is 0 Å². The summed E-state index contributed by atoms with van der Waals surface area (Å²) in [6, 6.07) is 14.0. The van der Waals surface area contributed by atoms with Crippen LogP contribution in [0.2, 0.25) is 0 Å². The highest BCUT2D eigenvalue weighted by Crippen LogP contribution is 2.16. The van der Waals surface area contributed by atoms with Crippen LogP contribution < -0.4 is 5.32 Å². The molecule has 0 spiro atoms. The molecule has 0 radical (unpaired) electrons. The third-order valence-corrected chi connectivity index (χ3v) is 3.25. The summed E-state index contributed by atoms with van der Waals surface area (Å²) in [6.07, 6.45) is 3.42. The zero-order chi connectivity index (χ0) is 14.5. The topological polar surface area (TPSA) is 29.1 Å². The van der Waals surface area contributed by atoms with Gasteiger partial charge < -0.3 is 5.32 Å². The van der Waals surface area contributed by atoms with Crippen LogP contribution in [0.15, 0.2) is 48.5 Å². The minimum Gasteiger partial charge on any atom is -0.322 e. The van der Waals surface area contributed by atoms with Crippen molar-refractivity contribution < 1.29 is 4.79 Å². The number of amides is 1. The van der Waals surface area contributed by atoms with Crippen molar-refractivity contribution in [3.8, 4) is 0 Å². The van der Waals surface area contributed by atoms with Crippen LogP contribution in [-0.4, -0.2) is 5.91 Å². The molecule has 0 saturated heterocycles. The van der Waals surface area contributed by atoms with Gasteiger partial charge in [0.15, 0.2) is 0 Å². The van der Waals surface area contributed by atoms with Crippen LogP contribution in [0.5, 0.6) is 0 Å². The number of benzene rings is 2. The number of carbonyl (C=O) groups excluding carboxylic acids is 1. The molecule has 0 atom stereocenters. The molecular formula is C18H19NO. The Bertz CT molecular complexity index is 656. The van der Waals surface area contributed by atoms with Crippen LogP contribution in [-0.2, 0) is 4.79 Å². The van der Waals surface area contributed by atoms with E-state index in [9.17, 15) is 4.79 Å². The van der Waals surface area contributed by atoms with Crippen LogP contribution in [0.3, 0.4) is 0 Å². The third-order valence-electron chi connectivity index (χ3n) is 3.25. The lowest BCUT2D eigenvalue weighted by molar-refractivity contribution is -0.111. The maximum Gasteiger partial charge on any atom is 0.248 e. The molecule has 102 valence electrons. The van der Waals surface area contributed by atoms with E-state index in [-0.39, 0.29) is 5.91 Å². The lowest BCUT2D eigenvalue weighted by atomic mass is 10.1. The second-order valence-corrected chi connectivity index (χ2v) is 5.00. The average molecular weight is 265 g/mol. The Morgan fingerprint density at radius 1 is 1.00 bits per heavy atom. The fourth-order valence-corrected chi connectivity index (χ4v) is 1.98. The van der Waals surface area contributed by atoms with Gasteiger partial charge in [0, 0.05) is 11.8 Å². The Morgan fingerprint density at radius 2 is 1.75 bits per heavy atom. The molecule has 0 aliphatic heterocycles. The molecule has 0 heterocycles. The van der Waals surface area contributed by atoms with Gasteiger partial charge in [0.05, 0.1) is 0 Å². The zero-order valence-electron chi connectivity index (χ0n) is 12.1. The first kappa shape index (κ1) is 14.1. The molecule has 1 amide bonds. The van der Waals surface area contributed by atoms with Crippen molar-refractivity contribution in [1.82, 2.24) is 0 Å². The van der Waals surface area contributed by atoms with E-state index in [0.29, 0.717) is 0 Å². The summed E-state index contributed by atoms with van der Waals surface area (Å²) in [5, 5.41) is 2.91. The Labute approximate surface area is 120 Å². The van der Waals surface area contributed by atoms with Crippen LogP contribution in [0.4, 0.5) is 5.69 Å². The minimum atomic E-state index is -0.109. The molecule has 0 aliphatic rings. The number of aryl methyl sites for hydroxylation is 3. The molecule has 20 heavy (non-hydrogen) atoms. The molecule has 2 nitrogen and oxygen atoms in total. The number of hydrogen-bond donors (Lipinski definition) is 1. The van der Waals surface area contributed by atoms with Gasteiger partial charge in [-0.2, -0.15) is 0 Å². The number of rotatable bonds is 3. The summed E-state index contributed by atoms with van der Waals surface area (Å²) >= 11 is 0. The molecule has 0 aliphatic carbocycles. The molecule has 0 saturated carbocycles. The summed E-state index contributed by atoms with van der Waals surface area (Å²) in [7, 11) is 0. The number of hydrogen-bond acceptors (Lipinski definition) is 1. The highest BCUT2D eigenvalue weighted by atomic mass is 16.1. The summed E-state index contributed by atoms with van der Waals surface area (Å²) in [4.78, 5) is 12.0. The lowest BCUT2D eigenvalue weighted by Crippen LogP contribution is -2.09. The van der Waals surface area contributed by atoms with Gasteiger partial charge in [-0.25, -0.2) is 0 Å². The number of carbonyl (C=O) groups is 1. The summed E-state index contributed by atoms with van der Waals surface area (Å²) in [5.41, 5.74) is 5.28. The molecule has 0 bridgehead atoms. The van der Waals surface area contributed by atoms with Gasteiger partial charge in [-0.3, -0.25) is 4.79 Å². The Hall–Kier alpha value is -2.35. The van der Waals surface area contributed by atoms with E-state index in [2.05, 4.69) is 5.32 Å². The van der Waals surface area contributed by atoms with Crippen molar-refractivity contribution in [2.45, 2.75) is 20.8 Å². The molecule has 2 heteroatoms. The lowest BCUT2D eigenvalue weighted by Gasteiger charge is -2.07. The van der Waals surface area contributed by atoms with Gasteiger partial charge >= 0.3 is 0 Å². The van der Waals surface area contributed by atoms with Crippen molar-refractivity contribution >= 4 is 17.7 Å².